The van der Waals surface area contributed by atoms with E-state index in [0.29, 0.717) is 13.1 Å². The van der Waals surface area contributed by atoms with E-state index in [0.717, 1.165) is 24.0 Å². The average molecular weight is 421 g/mol. The van der Waals surface area contributed by atoms with Gasteiger partial charge in [-0.25, -0.2) is 8.42 Å². The number of amides is 1. The van der Waals surface area contributed by atoms with Gasteiger partial charge in [-0.05, 0) is 68.5 Å². The lowest BCUT2D eigenvalue weighted by molar-refractivity contribution is 0.0940. The second kappa shape index (κ2) is 8.23. The second-order valence-corrected chi connectivity index (χ2v) is 9.64. The lowest BCUT2D eigenvalue weighted by Crippen LogP contribution is -2.29. The molecule has 1 heterocycles. The molecule has 0 aromatic heterocycles. The zero-order chi connectivity index (χ0) is 20.5. The van der Waals surface area contributed by atoms with E-state index in [1.165, 1.54) is 28.1 Å². The van der Waals surface area contributed by atoms with Crippen molar-refractivity contribution in [3.8, 4) is 0 Å². The van der Waals surface area contributed by atoms with Crippen LogP contribution in [0.1, 0.15) is 52.9 Å². The van der Waals surface area contributed by atoms with Crippen LogP contribution in [0.2, 0.25) is 5.02 Å². The first kappa shape index (κ1) is 20.8. The van der Waals surface area contributed by atoms with Crippen LogP contribution in [0, 0.1) is 13.8 Å². The molecule has 1 atom stereocenters. The molecule has 1 saturated heterocycles. The van der Waals surface area contributed by atoms with Crippen molar-refractivity contribution in [3.63, 3.8) is 0 Å². The summed E-state index contributed by atoms with van der Waals surface area (Å²) in [6, 6.07) is 10.1. The van der Waals surface area contributed by atoms with E-state index >= 15 is 0 Å². The van der Waals surface area contributed by atoms with E-state index in [9.17, 15) is 13.2 Å². The SMILES string of the molecule is Cc1ccc([C@@H](C)NC(=O)c2cc(S(=O)(=O)N3CCCC3)ccc2Cl)cc1C. The Morgan fingerprint density at radius 2 is 1.75 bits per heavy atom. The molecule has 28 heavy (non-hydrogen) atoms. The minimum absolute atomic E-state index is 0.0998. The lowest BCUT2D eigenvalue weighted by atomic mass is 10.0. The predicted octanol–water partition coefficient (Wildman–Crippen LogP) is 4.23. The van der Waals surface area contributed by atoms with Crippen LogP contribution >= 0.6 is 11.6 Å². The molecule has 7 heteroatoms. The summed E-state index contributed by atoms with van der Waals surface area (Å²) in [5.74, 6) is -0.394. The summed E-state index contributed by atoms with van der Waals surface area (Å²) in [5, 5.41) is 3.14. The van der Waals surface area contributed by atoms with Gasteiger partial charge in [0.05, 0.1) is 21.5 Å². The molecule has 0 bridgehead atoms. The Kier molecular flexibility index (Phi) is 6.12. The maximum atomic E-state index is 12.8. The number of aryl methyl sites for hydroxylation is 2. The number of halogens is 1. The van der Waals surface area contributed by atoms with Gasteiger partial charge in [0.15, 0.2) is 0 Å². The minimum atomic E-state index is -3.61. The number of carbonyl (C=O) groups is 1. The second-order valence-electron chi connectivity index (χ2n) is 7.29. The molecule has 3 rings (SSSR count). The first-order valence-corrected chi connectivity index (χ1v) is 11.2. The fraction of sp³-hybridized carbons (Fsp3) is 0.381. The largest absolute Gasteiger partial charge is 0.345 e. The summed E-state index contributed by atoms with van der Waals surface area (Å²) in [7, 11) is -3.61. The molecule has 0 unspecified atom stereocenters. The molecule has 0 radical (unpaired) electrons. The maximum Gasteiger partial charge on any atom is 0.253 e. The van der Waals surface area contributed by atoms with Crippen LogP contribution in [0.5, 0.6) is 0 Å². The molecule has 2 aromatic rings. The van der Waals surface area contributed by atoms with Crippen molar-refractivity contribution < 1.29 is 13.2 Å². The minimum Gasteiger partial charge on any atom is -0.345 e. The molecule has 1 N–H and O–H groups in total. The number of nitrogens with one attached hydrogen (secondary N) is 1. The Hall–Kier alpha value is -1.89. The number of rotatable bonds is 5. The third-order valence-electron chi connectivity index (χ3n) is 5.26. The zero-order valence-electron chi connectivity index (χ0n) is 16.3. The predicted molar refractivity (Wildman–Crippen MR) is 111 cm³/mol. The fourth-order valence-corrected chi connectivity index (χ4v) is 5.06. The van der Waals surface area contributed by atoms with Crippen LogP contribution in [-0.4, -0.2) is 31.7 Å². The number of hydrogen-bond acceptors (Lipinski definition) is 3. The van der Waals surface area contributed by atoms with Gasteiger partial charge in [-0.2, -0.15) is 4.31 Å². The smallest absolute Gasteiger partial charge is 0.253 e. The van der Waals surface area contributed by atoms with Gasteiger partial charge in [0.2, 0.25) is 10.0 Å². The third kappa shape index (κ3) is 4.24. The highest BCUT2D eigenvalue weighted by Gasteiger charge is 2.28. The number of nitrogens with zero attached hydrogens (tertiary/aromatic N) is 1. The van der Waals surface area contributed by atoms with Crippen molar-refractivity contribution in [2.24, 2.45) is 0 Å². The van der Waals surface area contributed by atoms with Gasteiger partial charge in [-0.15, -0.1) is 0 Å². The van der Waals surface area contributed by atoms with E-state index in [1.807, 2.05) is 39.0 Å². The van der Waals surface area contributed by atoms with Crippen LogP contribution < -0.4 is 5.32 Å². The van der Waals surface area contributed by atoms with E-state index in [2.05, 4.69) is 5.32 Å². The van der Waals surface area contributed by atoms with Gasteiger partial charge >= 0.3 is 0 Å². The summed E-state index contributed by atoms with van der Waals surface area (Å²) in [6.45, 7) is 6.97. The van der Waals surface area contributed by atoms with E-state index in [-0.39, 0.29) is 21.5 Å². The standard InChI is InChI=1S/C21H25ClN2O3S/c1-14-6-7-17(12-15(14)2)16(3)23-21(25)19-13-18(8-9-20(19)22)28(26,27)24-10-4-5-11-24/h6-9,12-13,16H,4-5,10-11H2,1-3H3,(H,23,25)/t16-/m1/s1. The van der Waals surface area contributed by atoms with E-state index in [4.69, 9.17) is 11.6 Å². The summed E-state index contributed by atoms with van der Waals surface area (Å²) in [4.78, 5) is 12.9. The molecule has 0 spiro atoms. The van der Waals surface area contributed by atoms with Crippen LogP contribution in [0.3, 0.4) is 0 Å². The summed E-state index contributed by atoms with van der Waals surface area (Å²) < 4.78 is 27.0. The van der Waals surface area contributed by atoms with Gasteiger partial charge in [0, 0.05) is 13.1 Å². The molecular weight excluding hydrogens is 396 g/mol. The Morgan fingerprint density at radius 3 is 2.39 bits per heavy atom. The Morgan fingerprint density at radius 1 is 1.07 bits per heavy atom. The first-order valence-electron chi connectivity index (χ1n) is 9.38. The quantitative estimate of drug-likeness (QED) is 0.786. The lowest BCUT2D eigenvalue weighted by Gasteiger charge is -2.18. The molecular formula is C21H25ClN2O3S. The van der Waals surface area contributed by atoms with Crippen molar-refractivity contribution in [1.82, 2.24) is 9.62 Å². The highest BCUT2D eigenvalue weighted by Crippen LogP contribution is 2.26. The highest BCUT2D eigenvalue weighted by molar-refractivity contribution is 7.89. The van der Waals surface area contributed by atoms with Gasteiger partial charge in [-0.1, -0.05) is 29.8 Å². The normalized spacial score (nSPS) is 16.1. The van der Waals surface area contributed by atoms with Crippen LogP contribution in [0.25, 0.3) is 0 Å². The van der Waals surface area contributed by atoms with Gasteiger partial charge < -0.3 is 5.32 Å². The zero-order valence-corrected chi connectivity index (χ0v) is 17.9. The monoisotopic (exact) mass is 420 g/mol. The average Bonchev–Trinajstić information content (AvgIpc) is 3.19. The molecule has 1 aliphatic heterocycles. The van der Waals surface area contributed by atoms with E-state index in [1.54, 1.807) is 0 Å². The number of hydrogen-bond donors (Lipinski definition) is 1. The van der Waals surface area contributed by atoms with E-state index < -0.39 is 15.9 Å². The highest BCUT2D eigenvalue weighted by atomic mass is 35.5. The van der Waals surface area contributed by atoms with Gasteiger partial charge in [0.1, 0.15) is 0 Å². The Balaban J connectivity index is 1.84. The summed E-state index contributed by atoms with van der Waals surface area (Å²) >= 11 is 6.21. The molecule has 150 valence electrons. The Bertz CT molecular complexity index is 999. The van der Waals surface area contributed by atoms with Gasteiger partial charge in [-0.3, -0.25) is 4.79 Å². The van der Waals surface area contributed by atoms with Crippen molar-refractivity contribution in [1.29, 1.82) is 0 Å². The van der Waals surface area contributed by atoms with Gasteiger partial charge in [0.25, 0.3) is 5.91 Å². The van der Waals surface area contributed by atoms with Crippen molar-refractivity contribution in [3.05, 3.63) is 63.7 Å². The fourth-order valence-electron chi connectivity index (χ4n) is 3.31. The number of benzene rings is 2. The molecule has 5 nitrogen and oxygen atoms in total. The molecule has 0 saturated carbocycles. The maximum absolute atomic E-state index is 12.8. The first-order chi connectivity index (χ1) is 13.2. The molecule has 1 amide bonds. The van der Waals surface area contributed by atoms with Crippen LogP contribution in [0.15, 0.2) is 41.3 Å². The van der Waals surface area contributed by atoms with Crippen molar-refractivity contribution >= 4 is 27.5 Å². The van der Waals surface area contributed by atoms with Crippen LogP contribution in [-0.2, 0) is 10.0 Å². The molecule has 1 aliphatic rings. The van der Waals surface area contributed by atoms with Crippen molar-refractivity contribution in [2.45, 2.75) is 44.6 Å². The Labute approximate surface area is 171 Å². The number of sulfonamides is 1. The summed E-state index contributed by atoms with van der Waals surface area (Å²) in [5.41, 5.74) is 3.48. The number of carbonyl (C=O) groups excluding carboxylic acids is 1. The summed E-state index contributed by atoms with van der Waals surface area (Å²) in [6.07, 6.45) is 1.71. The molecule has 2 aromatic carbocycles. The third-order valence-corrected chi connectivity index (χ3v) is 7.49. The van der Waals surface area contributed by atoms with Crippen LogP contribution in [0.4, 0.5) is 0 Å². The topological polar surface area (TPSA) is 66.5 Å². The van der Waals surface area contributed by atoms with Crippen molar-refractivity contribution in [2.75, 3.05) is 13.1 Å². The molecule has 0 aliphatic carbocycles. The molecule has 1 fully saturated rings.